The fourth-order valence-electron chi connectivity index (χ4n) is 5.60. The van der Waals surface area contributed by atoms with E-state index >= 15 is 0 Å². The van der Waals surface area contributed by atoms with E-state index in [1.807, 2.05) is 51.1 Å². The van der Waals surface area contributed by atoms with Crippen molar-refractivity contribution < 1.29 is 19.1 Å². The minimum atomic E-state index is -0.630. The Hall–Kier alpha value is -3.94. The van der Waals surface area contributed by atoms with E-state index < -0.39 is 11.4 Å². The number of urea groups is 1. The number of carbonyl (C=O) groups excluding carboxylic acids is 3. The largest absolute Gasteiger partial charge is 0.481 e. The highest BCUT2D eigenvalue weighted by molar-refractivity contribution is 6.03. The number of ketones is 1. The fourth-order valence-corrected chi connectivity index (χ4v) is 5.60. The van der Waals surface area contributed by atoms with Crippen LogP contribution in [0.2, 0.25) is 0 Å². The molecule has 41 heavy (non-hydrogen) atoms. The summed E-state index contributed by atoms with van der Waals surface area (Å²) in [6, 6.07) is 9.03. The number of benzene rings is 1. The number of carbonyl (C=O) groups is 3. The van der Waals surface area contributed by atoms with E-state index in [1.54, 1.807) is 31.3 Å². The first-order chi connectivity index (χ1) is 19.2. The molecule has 0 spiro atoms. The van der Waals surface area contributed by atoms with Gasteiger partial charge in [-0.15, -0.1) is 0 Å². The van der Waals surface area contributed by atoms with Gasteiger partial charge in [-0.05, 0) is 60.6 Å². The molecule has 1 saturated heterocycles. The van der Waals surface area contributed by atoms with Gasteiger partial charge in [0.25, 0.3) is 0 Å². The molecule has 0 bridgehead atoms. The number of allylic oxidation sites excluding steroid dienone is 3. The van der Waals surface area contributed by atoms with Crippen LogP contribution in [0.1, 0.15) is 59.4 Å². The van der Waals surface area contributed by atoms with Crippen LogP contribution in [0.25, 0.3) is 11.1 Å². The van der Waals surface area contributed by atoms with E-state index in [-0.39, 0.29) is 23.0 Å². The minimum Gasteiger partial charge on any atom is -0.481 e. The normalized spacial score (nSPS) is 19.0. The lowest BCUT2D eigenvalue weighted by Gasteiger charge is -2.26. The van der Waals surface area contributed by atoms with Crippen molar-refractivity contribution >= 4 is 23.4 Å². The number of amides is 3. The Balaban J connectivity index is 1.57. The number of ether oxygens (including phenoxy) is 1. The number of anilines is 1. The number of Topliss-reactive ketones (excluding diaryl/α,β-unsaturated/α-hetero) is 1. The molecule has 1 fully saturated rings. The molecule has 8 nitrogen and oxygen atoms in total. The molecule has 1 aliphatic heterocycles. The van der Waals surface area contributed by atoms with Crippen molar-refractivity contribution in [1.82, 2.24) is 15.2 Å². The van der Waals surface area contributed by atoms with Crippen molar-refractivity contribution in [2.75, 3.05) is 26.0 Å². The third-order valence-electron chi connectivity index (χ3n) is 8.12. The summed E-state index contributed by atoms with van der Waals surface area (Å²) in [7, 11) is 3.37. The zero-order chi connectivity index (χ0) is 30.1. The number of hydrogen-bond acceptors (Lipinski definition) is 5. The maximum Gasteiger partial charge on any atom is 0.323 e. The zero-order valence-electron chi connectivity index (χ0n) is 25.5. The standard InChI is InChI=1S/C33H42N4O4/c1-20-9-11-24(17-25(20)22-10-12-28(41-8)34-19-22)35-31(40)36-27-16-23(32(2,3)4)15-26(27)29(38)21-13-14-37(7)30(39)33(5,6)18-21/h9-12,15,17,19,21H,13-14,16,18H2,1-8H3,(H2,35,36,40). The van der Waals surface area contributed by atoms with E-state index in [9.17, 15) is 14.4 Å². The number of aryl methyl sites for hydroxylation is 1. The number of nitrogens with one attached hydrogen (secondary N) is 2. The first-order valence-corrected chi connectivity index (χ1v) is 14.1. The summed E-state index contributed by atoms with van der Waals surface area (Å²) in [6.07, 6.45) is 5.25. The molecule has 1 aliphatic carbocycles. The molecule has 0 radical (unpaired) electrons. The van der Waals surface area contributed by atoms with Crippen LogP contribution in [0.5, 0.6) is 5.88 Å². The molecular formula is C33H42N4O4. The number of hydrogen-bond donors (Lipinski definition) is 2. The Bertz CT molecular complexity index is 1410. The van der Waals surface area contributed by atoms with Gasteiger partial charge in [0.05, 0.1) is 7.11 Å². The molecule has 0 saturated carbocycles. The number of rotatable bonds is 6. The topological polar surface area (TPSA) is 101 Å². The molecule has 2 aromatic rings. The Morgan fingerprint density at radius 3 is 2.49 bits per heavy atom. The summed E-state index contributed by atoms with van der Waals surface area (Å²) in [5.74, 6) is 0.270. The van der Waals surface area contributed by atoms with Gasteiger partial charge in [0.2, 0.25) is 11.8 Å². The molecular weight excluding hydrogens is 516 g/mol. The molecule has 1 unspecified atom stereocenters. The lowest BCUT2D eigenvalue weighted by molar-refractivity contribution is -0.138. The number of likely N-dealkylation sites (tertiary alicyclic amines) is 1. The Morgan fingerprint density at radius 1 is 1.12 bits per heavy atom. The maximum atomic E-state index is 13.9. The molecule has 8 heteroatoms. The highest BCUT2D eigenvalue weighted by atomic mass is 16.5. The average molecular weight is 559 g/mol. The highest BCUT2D eigenvalue weighted by Crippen LogP contribution is 2.40. The Kier molecular flexibility index (Phi) is 8.43. The third-order valence-corrected chi connectivity index (χ3v) is 8.12. The summed E-state index contributed by atoms with van der Waals surface area (Å²) in [5, 5.41) is 5.93. The van der Waals surface area contributed by atoms with Crippen LogP contribution in [0, 0.1) is 23.7 Å². The van der Waals surface area contributed by atoms with E-state index in [2.05, 4.69) is 36.4 Å². The van der Waals surface area contributed by atoms with Gasteiger partial charge in [0.15, 0.2) is 5.78 Å². The highest BCUT2D eigenvalue weighted by Gasteiger charge is 2.40. The van der Waals surface area contributed by atoms with E-state index in [0.29, 0.717) is 48.6 Å². The van der Waals surface area contributed by atoms with Gasteiger partial charge in [0, 0.05) is 66.1 Å². The zero-order valence-corrected chi connectivity index (χ0v) is 25.5. The van der Waals surface area contributed by atoms with Crippen molar-refractivity contribution in [2.45, 2.75) is 60.8 Å². The lowest BCUT2D eigenvalue weighted by Crippen LogP contribution is -2.37. The third kappa shape index (κ3) is 6.69. The number of pyridine rings is 1. The molecule has 4 rings (SSSR count). The quantitative estimate of drug-likeness (QED) is 0.435. The molecule has 2 heterocycles. The monoisotopic (exact) mass is 558 g/mol. The van der Waals surface area contributed by atoms with Crippen LogP contribution in [0.3, 0.4) is 0 Å². The van der Waals surface area contributed by atoms with Gasteiger partial charge < -0.3 is 20.3 Å². The Labute approximate surface area is 243 Å². The van der Waals surface area contributed by atoms with Crippen molar-refractivity contribution in [3.05, 3.63) is 65.0 Å². The van der Waals surface area contributed by atoms with Gasteiger partial charge >= 0.3 is 6.03 Å². The second-order valence-electron chi connectivity index (χ2n) is 12.9. The van der Waals surface area contributed by atoms with Crippen LogP contribution in [0.15, 0.2) is 59.4 Å². The summed E-state index contributed by atoms with van der Waals surface area (Å²) in [6.45, 7) is 12.7. The van der Waals surface area contributed by atoms with Crippen molar-refractivity contribution in [3.63, 3.8) is 0 Å². The second-order valence-corrected chi connectivity index (χ2v) is 12.9. The molecule has 3 amide bonds. The molecule has 218 valence electrons. The Morgan fingerprint density at radius 2 is 1.85 bits per heavy atom. The van der Waals surface area contributed by atoms with Gasteiger partial charge in [-0.3, -0.25) is 9.59 Å². The van der Waals surface area contributed by atoms with Crippen molar-refractivity contribution in [3.8, 4) is 17.0 Å². The van der Waals surface area contributed by atoms with E-state index in [1.165, 1.54) is 0 Å². The van der Waals surface area contributed by atoms with Gasteiger partial charge in [-0.1, -0.05) is 46.3 Å². The average Bonchev–Trinajstić information content (AvgIpc) is 3.31. The molecule has 1 aromatic carbocycles. The summed E-state index contributed by atoms with van der Waals surface area (Å²) in [4.78, 5) is 46.0. The van der Waals surface area contributed by atoms with Crippen LogP contribution in [-0.4, -0.2) is 48.3 Å². The summed E-state index contributed by atoms with van der Waals surface area (Å²) in [5.41, 5.74) is 4.96. The SMILES string of the molecule is COc1ccc(-c2cc(NC(=O)NC3=C(C(=O)C4CCN(C)C(=O)C(C)(C)C4)C=C(C(C)(C)C)C3)ccc2C)cn1. The number of aromatic nitrogens is 1. The molecule has 1 atom stereocenters. The second kappa shape index (κ2) is 11.5. The minimum absolute atomic E-state index is 0.0136. The number of methoxy groups -OCH3 is 1. The maximum absolute atomic E-state index is 13.9. The first-order valence-electron chi connectivity index (χ1n) is 14.1. The van der Waals surface area contributed by atoms with Gasteiger partial charge in [-0.25, -0.2) is 9.78 Å². The number of nitrogens with zero attached hydrogens (tertiary/aromatic N) is 2. The fraction of sp³-hybridized carbons (Fsp3) is 0.455. The summed E-state index contributed by atoms with van der Waals surface area (Å²) >= 11 is 0. The molecule has 1 aromatic heterocycles. The first kappa shape index (κ1) is 30.0. The molecule has 2 aliphatic rings. The van der Waals surface area contributed by atoms with Crippen molar-refractivity contribution in [1.29, 1.82) is 0 Å². The summed E-state index contributed by atoms with van der Waals surface area (Å²) < 4.78 is 5.17. The van der Waals surface area contributed by atoms with Crippen LogP contribution in [-0.2, 0) is 9.59 Å². The smallest absolute Gasteiger partial charge is 0.323 e. The predicted octanol–water partition coefficient (Wildman–Crippen LogP) is 6.28. The van der Waals surface area contributed by atoms with Crippen LogP contribution < -0.4 is 15.4 Å². The van der Waals surface area contributed by atoms with E-state index in [0.717, 1.165) is 22.3 Å². The molecule has 2 N–H and O–H groups in total. The van der Waals surface area contributed by atoms with Gasteiger partial charge in [-0.2, -0.15) is 0 Å². The van der Waals surface area contributed by atoms with Crippen LogP contribution in [0.4, 0.5) is 10.5 Å². The van der Waals surface area contributed by atoms with E-state index in [4.69, 9.17) is 4.74 Å². The lowest BCUT2D eigenvalue weighted by atomic mass is 9.79. The van der Waals surface area contributed by atoms with Crippen LogP contribution >= 0.6 is 0 Å². The van der Waals surface area contributed by atoms with Crippen molar-refractivity contribution in [2.24, 2.45) is 16.7 Å². The van der Waals surface area contributed by atoms with Gasteiger partial charge in [0.1, 0.15) is 0 Å². The predicted molar refractivity (Wildman–Crippen MR) is 161 cm³/mol.